The van der Waals surface area contributed by atoms with E-state index in [0.29, 0.717) is 46.1 Å². The summed E-state index contributed by atoms with van der Waals surface area (Å²) in [5.74, 6) is 1.41. The Bertz CT molecular complexity index is 976. The number of amides is 1. The average molecular weight is 416 g/mol. The number of hydrogen-bond acceptors (Lipinski definition) is 6. The van der Waals surface area contributed by atoms with Gasteiger partial charge in [0.05, 0.1) is 24.4 Å². The first-order valence-corrected chi connectivity index (χ1v) is 9.49. The molecule has 0 fully saturated rings. The van der Waals surface area contributed by atoms with Gasteiger partial charge in [-0.3, -0.25) is 4.79 Å². The molecule has 0 radical (unpaired) electrons. The van der Waals surface area contributed by atoms with E-state index in [1.54, 1.807) is 30.5 Å². The topological polar surface area (TPSA) is 91.2 Å². The zero-order valence-corrected chi connectivity index (χ0v) is 17.2. The summed E-state index contributed by atoms with van der Waals surface area (Å²) < 4.78 is 12.6. The lowest BCUT2D eigenvalue weighted by molar-refractivity contribution is 0.102. The molecule has 9 heteroatoms. The molecular formula is C20H22ClN5O3. The molecule has 0 unspecified atom stereocenters. The van der Waals surface area contributed by atoms with E-state index < -0.39 is 0 Å². The summed E-state index contributed by atoms with van der Waals surface area (Å²) in [5.41, 5.74) is 0.812. The fourth-order valence-corrected chi connectivity index (χ4v) is 2.84. The number of nitrogens with zero attached hydrogens (tertiary/aromatic N) is 4. The first-order valence-electron chi connectivity index (χ1n) is 9.11. The van der Waals surface area contributed by atoms with E-state index in [-0.39, 0.29) is 5.91 Å². The molecule has 29 heavy (non-hydrogen) atoms. The number of carbonyl (C=O) groups excluding carboxylic acids is 1. The van der Waals surface area contributed by atoms with Gasteiger partial charge in [0.25, 0.3) is 5.91 Å². The summed E-state index contributed by atoms with van der Waals surface area (Å²) in [7, 11) is 1.51. The van der Waals surface area contributed by atoms with E-state index in [1.807, 2.05) is 0 Å². The molecule has 1 amide bonds. The molecule has 1 N–H and O–H groups in total. The van der Waals surface area contributed by atoms with Crippen LogP contribution in [0.2, 0.25) is 5.02 Å². The summed E-state index contributed by atoms with van der Waals surface area (Å²) in [4.78, 5) is 21.0. The van der Waals surface area contributed by atoms with Crippen LogP contribution in [-0.4, -0.2) is 39.4 Å². The summed E-state index contributed by atoms with van der Waals surface area (Å²) in [6, 6.07) is 6.59. The predicted molar refractivity (Wildman–Crippen MR) is 110 cm³/mol. The fourth-order valence-electron chi connectivity index (χ4n) is 2.58. The Labute approximate surface area is 173 Å². The highest BCUT2D eigenvalue weighted by atomic mass is 35.5. The van der Waals surface area contributed by atoms with E-state index in [1.165, 1.54) is 24.4 Å². The lowest BCUT2D eigenvalue weighted by Gasteiger charge is -2.15. The summed E-state index contributed by atoms with van der Waals surface area (Å²) in [6.07, 6.45) is 5.38. The van der Waals surface area contributed by atoms with Gasteiger partial charge in [0.2, 0.25) is 0 Å². The molecule has 3 aromatic rings. The van der Waals surface area contributed by atoms with Crippen LogP contribution in [0.3, 0.4) is 0 Å². The van der Waals surface area contributed by atoms with Crippen molar-refractivity contribution in [2.45, 2.75) is 20.3 Å². The molecule has 0 aliphatic rings. The van der Waals surface area contributed by atoms with Gasteiger partial charge in [0, 0.05) is 11.8 Å². The lowest BCUT2D eigenvalue weighted by atomic mass is 10.1. The van der Waals surface area contributed by atoms with E-state index in [4.69, 9.17) is 21.1 Å². The van der Waals surface area contributed by atoms with Gasteiger partial charge in [-0.25, -0.2) is 14.6 Å². The molecule has 0 aliphatic carbocycles. The smallest absolute Gasteiger partial charge is 0.255 e. The number of methoxy groups -OCH3 is 1. The van der Waals surface area contributed by atoms with Gasteiger partial charge in [-0.2, -0.15) is 5.10 Å². The van der Waals surface area contributed by atoms with Crippen molar-refractivity contribution in [2.24, 2.45) is 5.92 Å². The van der Waals surface area contributed by atoms with Crippen LogP contribution in [0.4, 0.5) is 5.69 Å². The van der Waals surface area contributed by atoms with Crippen molar-refractivity contribution in [1.82, 2.24) is 19.7 Å². The molecule has 3 rings (SSSR count). The number of benzene rings is 1. The maximum Gasteiger partial charge on any atom is 0.255 e. The van der Waals surface area contributed by atoms with Gasteiger partial charge < -0.3 is 14.8 Å². The second-order valence-corrected chi connectivity index (χ2v) is 7.10. The van der Waals surface area contributed by atoms with Gasteiger partial charge in [-0.15, -0.1) is 0 Å². The summed E-state index contributed by atoms with van der Waals surface area (Å²) in [6.45, 7) is 4.74. The highest BCUT2D eigenvalue weighted by Gasteiger charge is 2.18. The minimum absolute atomic E-state index is 0.306. The van der Waals surface area contributed by atoms with Crippen molar-refractivity contribution >= 4 is 23.2 Å². The van der Waals surface area contributed by atoms with Crippen molar-refractivity contribution in [2.75, 3.05) is 19.0 Å². The number of pyridine rings is 1. The highest BCUT2D eigenvalue weighted by molar-refractivity contribution is 6.32. The Hall–Kier alpha value is -3.13. The first kappa shape index (κ1) is 20.6. The molecule has 1 aromatic carbocycles. The van der Waals surface area contributed by atoms with Crippen molar-refractivity contribution in [3.8, 4) is 17.3 Å². The third-order valence-electron chi connectivity index (χ3n) is 4.10. The van der Waals surface area contributed by atoms with Gasteiger partial charge in [0.15, 0.2) is 17.3 Å². The molecular weight excluding hydrogens is 394 g/mol. The monoisotopic (exact) mass is 415 g/mol. The van der Waals surface area contributed by atoms with Crippen LogP contribution in [0.5, 0.6) is 11.5 Å². The average Bonchev–Trinajstić information content (AvgIpc) is 3.23. The van der Waals surface area contributed by atoms with Gasteiger partial charge in [0.1, 0.15) is 12.7 Å². The molecule has 0 atom stereocenters. The van der Waals surface area contributed by atoms with Crippen molar-refractivity contribution < 1.29 is 14.3 Å². The molecule has 0 spiro atoms. The van der Waals surface area contributed by atoms with E-state index in [9.17, 15) is 4.79 Å². The Morgan fingerprint density at radius 2 is 2.17 bits per heavy atom. The number of hydrogen-bond donors (Lipinski definition) is 1. The van der Waals surface area contributed by atoms with Gasteiger partial charge >= 0.3 is 0 Å². The van der Waals surface area contributed by atoms with Crippen molar-refractivity contribution in [3.63, 3.8) is 0 Å². The van der Waals surface area contributed by atoms with Crippen LogP contribution < -0.4 is 14.8 Å². The standard InChI is InChI=1S/C20H22ClN5O3/c1-13(2)6-8-29-18-15(21)9-14(10-17(18)28-3)20(27)25-16-5-4-7-23-19(16)26-12-22-11-24-26/h4-5,7,9-13H,6,8H2,1-3H3,(H,25,27). The maximum absolute atomic E-state index is 12.8. The lowest BCUT2D eigenvalue weighted by Crippen LogP contribution is -2.15. The predicted octanol–water partition coefficient (Wildman–Crippen LogP) is 4.00. The molecule has 2 heterocycles. The number of halogens is 1. The number of anilines is 1. The SMILES string of the molecule is COc1cc(C(=O)Nc2cccnc2-n2cncn2)cc(Cl)c1OCCC(C)C. The van der Waals surface area contributed by atoms with E-state index in [2.05, 4.69) is 34.2 Å². The van der Waals surface area contributed by atoms with Crippen LogP contribution >= 0.6 is 11.6 Å². The van der Waals surface area contributed by atoms with Crippen molar-refractivity contribution in [1.29, 1.82) is 0 Å². The molecule has 0 saturated carbocycles. The van der Waals surface area contributed by atoms with Crippen LogP contribution in [-0.2, 0) is 0 Å². The third kappa shape index (κ3) is 5.03. The molecule has 2 aromatic heterocycles. The molecule has 0 aliphatic heterocycles. The van der Waals surface area contributed by atoms with E-state index >= 15 is 0 Å². The summed E-state index contributed by atoms with van der Waals surface area (Å²) in [5, 5.41) is 7.19. The van der Waals surface area contributed by atoms with Crippen LogP contribution in [0.25, 0.3) is 5.82 Å². The van der Waals surface area contributed by atoms with Gasteiger partial charge in [-0.05, 0) is 36.6 Å². The molecule has 0 bridgehead atoms. The molecule has 8 nitrogen and oxygen atoms in total. The normalized spacial score (nSPS) is 10.8. The second-order valence-electron chi connectivity index (χ2n) is 6.69. The minimum Gasteiger partial charge on any atom is -0.493 e. The van der Waals surface area contributed by atoms with Crippen LogP contribution in [0.1, 0.15) is 30.6 Å². The van der Waals surface area contributed by atoms with Crippen molar-refractivity contribution in [3.05, 3.63) is 53.7 Å². The third-order valence-corrected chi connectivity index (χ3v) is 4.38. The number of nitrogens with one attached hydrogen (secondary N) is 1. The van der Waals surface area contributed by atoms with Gasteiger partial charge in [-0.1, -0.05) is 25.4 Å². The molecule has 152 valence electrons. The first-order chi connectivity index (χ1) is 14.0. The number of aromatic nitrogens is 4. The number of ether oxygens (including phenoxy) is 2. The Morgan fingerprint density at radius 1 is 1.34 bits per heavy atom. The highest BCUT2D eigenvalue weighted by Crippen LogP contribution is 2.37. The summed E-state index contributed by atoms with van der Waals surface area (Å²) >= 11 is 6.37. The zero-order valence-electron chi connectivity index (χ0n) is 16.4. The minimum atomic E-state index is -0.367. The number of carbonyl (C=O) groups is 1. The Kier molecular flexibility index (Phi) is 6.66. The number of rotatable bonds is 8. The zero-order chi connectivity index (χ0) is 20.8. The van der Waals surface area contributed by atoms with Crippen LogP contribution in [0.15, 0.2) is 43.1 Å². The Morgan fingerprint density at radius 3 is 2.86 bits per heavy atom. The maximum atomic E-state index is 12.8. The fraction of sp³-hybridized carbons (Fsp3) is 0.300. The Balaban J connectivity index is 1.83. The second kappa shape index (κ2) is 9.38. The van der Waals surface area contributed by atoms with Crippen LogP contribution in [0, 0.1) is 5.92 Å². The molecule has 0 saturated heterocycles. The van der Waals surface area contributed by atoms with E-state index in [0.717, 1.165) is 6.42 Å². The largest absolute Gasteiger partial charge is 0.493 e. The quantitative estimate of drug-likeness (QED) is 0.597.